The average molecular weight is 496 g/mol. The third-order valence-corrected chi connectivity index (χ3v) is 7.69. The van der Waals surface area contributed by atoms with E-state index in [9.17, 15) is 19.6 Å². The molecule has 1 aromatic carbocycles. The summed E-state index contributed by atoms with van der Waals surface area (Å²) in [6.45, 7) is 1.64. The Morgan fingerprint density at radius 1 is 1.36 bits per heavy atom. The smallest absolute Gasteiger partial charge is 0.403 e. The predicted octanol–water partition coefficient (Wildman–Crippen LogP) is -1.47. The number of aromatic amines is 1. The highest BCUT2D eigenvalue weighted by Crippen LogP contribution is 2.59. The van der Waals surface area contributed by atoms with Crippen molar-refractivity contribution in [3.8, 4) is 5.75 Å². The molecule has 1 aromatic heterocycles. The van der Waals surface area contributed by atoms with Gasteiger partial charge in [-0.1, -0.05) is 30.4 Å². The van der Waals surface area contributed by atoms with E-state index in [0.29, 0.717) is 16.9 Å². The van der Waals surface area contributed by atoms with Crippen LogP contribution in [0, 0.1) is 11.6 Å². The van der Waals surface area contributed by atoms with Gasteiger partial charge in [0.15, 0.2) is 7.85 Å². The van der Waals surface area contributed by atoms with Crippen LogP contribution in [-0.4, -0.2) is 66.8 Å². The first-order chi connectivity index (χ1) is 15.2. The number of fused-ring (bicyclic) bond motifs is 1. The summed E-state index contributed by atoms with van der Waals surface area (Å²) in [6, 6.07) is 6.58. The highest BCUT2D eigenvalue weighted by atomic mass is 32.1. The molecular weight excluding hydrogens is 475 g/mol. The first kappa shape index (κ1) is 24.4. The van der Waals surface area contributed by atoms with E-state index in [0.717, 1.165) is 20.3 Å². The number of para-hydroxylation sites is 1. The van der Waals surface area contributed by atoms with Crippen LogP contribution in [0.15, 0.2) is 35.3 Å². The number of alkyl halides is 1. The van der Waals surface area contributed by atoms with Gasteiger partial charge in [-0.15, -0.1) is 0 Å². The number of aliphatic hydroxyl groups is 2. The Kier molecular flexibility index (Phi) is 5.85. The molecule has 1 saturated heterocycles. The number of hydrogen-bond donors (Lipinski definition) is 3. The molecule has 0 aliphatic carbocycles. The van der Waals surface area contributed by atoms with Crippen molar-refractivity contribution in [3.63, 3.8) is 0 Å². The molecule has 0 radical (unpaired) electrons. The zero-order chi connectivity index (χ0) is 24.4. The molecule has 16 heteroatoms. The highest BCUT2D eigenvalue weighted by molar-refractivity contribution is 7.71. The number of rotatable bonds is 4. The Balaban J connectivity index is 1.67. The third kappa shape index (κ3) is 3.85. The molecule has 5 atom stereocenters. The maximum atomic E-state index is 16.3. The predicted molar refractivity (Wildman–Crippen MR) is 124 cm³/mol. The van der Waals surface area contributed by atoms with Gasteiger partial charge < -0.3 is 19.5 Å². The van der Waals surface area contributed by atoms with E-state index in [1.807, 2.05) is 0 Å². The van der Waals surface area contributed by atoms with E-state index < -0.39 is 42.6 Å². The van der Waals surface area contributed by atoms with Crippen molar-refractivity contribution < 1.29 is 37.5 Å². The largest absolute Gasteiger partial charge is 0.529 e. The topological polar surface area (TPSA) is 132 Å². The van der Waals surface area contributed by atoms with Gasteiger partial charge in [-0.05, 0) is 18.6 Å². The molecular formula is C17H21B3FN2O8PS. The second kappa shape index (κ2) is 7.91. The van der Waals surface area contributed by atoms with E-state index >= 15 is 4.39 Å². The number of ether oxygens (including phenoxy) is 1. The molecule has 10 nitrogen and oxygen atoms in total. The van der Waals surface area contributed by atoms with Crippen molar-refractivity contribution in [2.45, 2.75) is 42.6 Å². The normalized spacial score (nSPS) is 33.9. The molecule has 0 amide bonds. The van der Waals surface area contributed by atoms with Gasteiger partial charge in [-0.3, -0.25) is 18.6 Å². The lowest BCUT2D eigenvalue weighted by Gasteiger charge is -2.41. The molecule has 33 heavy (non-hydrogen) atoms. The number of nitrogens with one attached hydrogen (secondary N) is 1. The molecule has 1 fully saturated rings. The summed E-state index contributed by atoms with van der Waals surface area (Å²) < 4.78 is 52.3. The molecule has 4 rings (SSSR count). The quantitative estimate of drug-likeness (QED) is 0.264. The lowest BCUT2D eigenvalue weighted by molar-refractivity contribution is -0.240. The van der Waals surface area contributed by atoms with Gasteiger partial charge in [0.2, 0.25) is 0 Å². The van der Waals surface area contributed by atoms with Crippen LogP contribution in [0.25, 0.3) is 0 Å². The summed E-state index contributed by atoms with van der Waals surface area (Å²) in [4.78, 5) is 14.7. The summed E-state index contributed by atoms with van der Waals surface area (Å²) in [5.41, 5.74) is -1.54. The van der Waals surface area contributed by atoms with Crippen LogP contribution in [-0.2, 0) is 30.6 Å². The number of halogens is 1. The summed E-state index contributed by atoms with van der Waals surface area (Å²) in [5.74, 6) is -2.84. The number of aryl methyl sites for hydroxylation is 1. The van der Waals surface area contributed by atoms with E-state index in [2.05, 4.69) is 4.98 Å². The van der Waals surface area contributed by atoms with Crippen LogP contribution < -0.4 is 10.2 Å². The van der Waals surface area contributed by atoms with E-state index in [-0.39, 0.29) is 11.2 Å². The van der Waals surface area contributed by atoms with Crippen LogP contribution in [0.1, 0.15) is 11.1 Å². The number of benzene rings is 1. The SMILES string of the molecule is BC(B)(OP1(=O)OCc2cccc(C)c2O1)[C@@]1(F)O[C@@](B)(n2ccc(=S)[nH]c2=O)[C@H](O)[C@@H]1O. The second-order valence-electron chi connectivity index (χ2n) is 8.65. The van der Waals surface area contributed by atoms with Gasteiger partial charge in [0.1, 0.15) is 43.9 Å². The van der Waals surface area contributed by atoms with Crippen LogP contribution in [0.2, 0.25) is 0 Å². The first-order valence-electron chi connectivity index (χ1n) is 10.0. The molecule has 0 bridgehead atoms. The van der Waals surface area contributed by atoms with Gasteiger partial charge >= 0.3 is 13.5 Å². The summed E-state index contributed by atoms with van der Waals surface area (Å²) in [7, 11) is -0.828. The van der Waals surface area contributed by atoms with Gasteiger partial charge in [0.05, 0.1) is 12.0 Å². The molecule has 2 aliphatic heterocycles. The van der Waals surface area contributed by atoms with E-state index in [1.54, 1.807) is 25.1 Å². The van der Waals surface area contributed by atoms with E-state index in [4.69, 9.17) is 30.5 Å². The number of phosphoric ester groups is 1. The maximum absolute atomic E-state index is 16.3. The first-order valence-corrected chi connectivity index (χ1v) is 11.9. The van der Waals surface area contributed by atoms with Crippen molar-refractivity contribution in [1.29, 1.82) is 0 Å². The Bertz CT molecular complexity index is 1280. The van der Waals surface area contributed by atoms with Crippen molar-refractivity contribution in [1.82, 2.24) is 9.55 Å². The number of aliphatic hydroxyl groups excluding tert-OH is 2. The maximum Gasteiger partial charge on any atom is 0.529 e. The summed E-state index contributed by atoms with van der Waals surface area (Å²) in [5, 5.41) is 19.2. The van der Waals surface area contributed by atoms with Crippen molar-refractivity contribution in [3.05, 3.63) is 56.7 Å². The van der Waals surface area contributed by atoms with Crippen molar-refractivity contribution in [2.24, 2.45) is 0 Å². The number of hydrogen-bond acceptors (Lipinski definition) is 9. The molecule has 0 saturated carbocycles. The molecule has 2 aromatic rings. The fourth-order valence-electron chi connectivity index (χ4n) is 3.99. The van der Waals surface area contributed by atoms with Crippen LogP contribution >= 0.6 is 20.0 Å². The Morgan fingerprint density at radius 2 is 2.06 bits per heavy atom. The lowest BCUT2D eigenvalue weighted by atomic mass is 9.59. The fraction of sp³-hybridized carbons (Fsp3) is 0.412. The number of H-pyrrole nitrogens is 1. The Hall–Kier alpha value is -1.73. The van der Waals surface area contributed by atoms with Crippen LogP contribution in [0.4, 0.5) is 4.39 Å². The monoisotopic (exact) mass is 496 g/mol. The van der Waals surface area contributed by atoms with Gasteiger partial charge in [0, 0.05) is 11.8 Å². The van der Waals surface area contributed by atoms with Crippen molar-refractivity contribution >= 4 is 43.6 Å². The second-order valence-corrected chi connectivity index (χ2v) is 10.6. The molecule has 3 heterocycles. The third-order valence-electron chi connectivity index (χ3n) is 5.92. The highest BCUT2D eigenvalue weighted by Gasteiger charge is 2.69. The Labute approximate surface area is 195 Å². The minimum Gasteiger partial charge on any atom is -0.403 e. The van der Waals surface area contributed by atoms with E-state index in [1.165, 1.54) is 20.1 Å². The van der Waals surface area contributed by atoms with Gasteiger partial charge in [-0.2, -0.15) is 0 Å². The van der Waals surface area contributed by atoms with Gasteiger partial charge in [-0.25, -0.2) is 13.8 Å². The van der Waals surface area contributed by atoms with Gasteiger partial charge in [0.25, 0.3) is 5.85 Å². The summed E-state index contributed by atoms with van der Waals surface area (Å²) in [6.07, 6.45) is -2.91. The van der Waals surface area contributed by atoms with Crippen LogP contribution in [0.3, 0.4) is 0 Å². The minimum atomic E-state index is -4.37. The standard InChI is InChI=1S/C17H21B3FN2O8PS/c1-8-3-2-4-9-7-28-32(27,29-11(8)9)31-17(19,20)15(21)12(24)13(25)16(18,30-15)23-6-5-10(33)22-14(23)26/h2-6,12-13,24-25H,7,18-20H2,1H3,(H,22,26,33)/t12-,13+,15-,16-,32?/m0/s1. The van der Waals surface area contributed by atoms with Crippen LogP contribution in [0.5, 0.6) is 5.75 Å². The average Bonchev–Trinajstić information content (AvgIpc) is 2.90. The number of phosphoric acid groups is 1. The van der Waals surface area contributed by atoms with Crippen molar-refractivity contribution in [2.75, 3.05) is 0 Å². The fourth-order valence-corrected chi connectivity index (χ4v) is 5.74. The molecule has 174 valence electrons. The zero-order valence-electron chi connectivity index (χ0n) is 18.3. The molecule has 2 aliphatic rings. The number of nitrogens with zero attached hydrogens (tertiary/aromatic N) is 1. The number of aromatic nitrogens is 2. The molecule has 3 N–H and O–H groups in total. The molecule has 1 unspecified atom stereocenters. The minimum absolute atomic E-state index is 0.105. The lowest BCUT2D eigenvalue weighted by Crippen LogP contribution is -2.60. The molecule has 0 spiro atoms. The Morgan fingerprint density at radius 3 is 2.73 bits per heavy atom. The zero-order valence-corrected chi connectivity index (χ0v) is 20.0. The summed E-state index contributed by atoms with van der Waals surface area (Å²) >= 11 is 4.89.